The summed E-state index contributed by atoms with van der Waals surface area (Å²) in [7, 11) is 0. The first-order valence-corrected chi connectivity index (χ1v) is 5.96. The third-order valence-electron chi connectivity index (χ3n) is 3.08. The number of anilines is 1. The van der Waals surface area contributed by atoms with Gasteiger partial charge in [0.15, 0.2) is 0 Å². The van der Waals surface area contributed by atoms with Crippen LogP contribution in [0.1, 0.15) is 11.1 Å². The summed E-state index contributed by atoms with van der Waals surface area (Å²) in [5.41, 5.74) is 9.33. The fourth-order valence-corrected chi connectivity index (χ4v) is 2.09. The molecular weight excluding hydrogens is 343 g/mol. The van der Waals surface area contributed by atoms with Crippen LogP contribution in [0.4, 0.5) is 5.69 Å². The number of benzene rings is 2. The van der Waals surface area contributed by atoms with E-state index in [0.717, 1.165) is 22.2 Å². The summed E-state index contributed by atoms with van der Waals surface area (Å²) in [5.74, 6) is 0. The maximum absolute atomic E-state index is 8.77. The van der Waals surface area contributed by atoms with Crippen molar-refractivity contribution in [3.8, 4) is 6.07 Å². The third kappa shape index (κ3) is 4.05. The Morgan fingerprint density at radius 1 is 1.05 bits per heavy atom. The first kappa shape index (κ1) is 20.1. The van der Waals surface area contributed by atoms with Crippen molar-refractivity contribution in [3.05, 3.63) is 59.8 Å². The van der Waals surface area contributed by atoms with Crippen LogP contribution in [0.5, 0.6) is 0 Å². The van der Waals surface area contributed by atoms with E-state index in [9.17, 15) is 0 Å². The lowest BCUT2D eigenvalue weighted by Gasteiger charge is -2.04. The lowest BCUT2D eigenvalue weighted by atomic mass is 10.1. The van der Waals surface area contributed by atoms with Gasteiger partial charge in [0.05, 0.1) is 29.9 Å². The van der Waals surface area contributed by atoms with Crippen molar-refractivity contribution in [1.29, 1.82) is 5.26 Å². The summed E-state index contributed by atoms with van der Waals surface area (Å²) < 4.78 is 1.93. The summed E-state index contributed by atoms with van der Waals surface area (Å²) in [6, 6.07) is 15.4. The number of nitrogen functional groups attached to an aromatic ring is 1. The van der Waals surface area contributed by atoms with Crippen molar-refractivity contribution < 1.29 is 0 Å². The fraction of sp³-hybridized carbons (Fsp3) is 0.0667. The smallest absolute Gasteiger partial charge is 0.0991 e. The molecule has 0 aliphatic rings. The van der Waals surface area contributed by atoms with Crippen LogP contribution in [0.3, 0.4) is 0 Å². The minimum Gasteiger partial charge on any atom is -0.399 e. The monoisotopic (exact) mass is 356 g/mol. The summed E-state index contributed by atoms with van der Waals surface area (Å²) in [6.45, 7) is 0.680. The Balaban J connectivity index is 0.00000147. The molecule has 0 bridgehead atoms. The van der Waals surface area contributed by atoms with Gasteiger partial charge in [0, 0.05) is 11.1 Å². The summed E-state index contributed by atoms with van der Waals surface area (Å²) in [4.78, 5) is 0. The number of halogens is 3. The van der Waals surface area contributed by atoms with Crippen LogP contribution >= 0.6 is 37.2 Å². The number of aromatic nitrogens is 2. The Morgan fingerprint density at radius 3 is 2.36 bits per heavy atom. The molecule has 1 heterocycles. The molecule has 4 nitrogen and oxygen atoms in total. The van der Waals surface area contributed by atoms with Crippen molar-refractivity contribution in [2.75, 3.05) is 5.73 Å². The van der Waals surface area contributed by atoms with Crippen LogP contribution in [0.2, 0.25) is 0 Å². The van der Waals surface area contributed by atoms with Gasteiger partial charge < -0.3 is 5.73 Å². The molecule has 1 aromatic heterocycles. The maximum atomic E-state index is 8.77. The molecule has 2 N–H and O–H groups in total. The van der Waals surface area contributed by atoms with E-state index in [0.29, 0.717) is 12.1 Å². The van der Waals surface area contributed by atoms with Gasteiger partial charge in [0.1, 0.15) is 0 Å². The van der Waals surface area contributed by atoms with Gasteiger partial charge in [0.2, 0.25) is 0 Å². The Labute approximate surface area is 147 Å². The van der Waals surface area contributed by atoms with Crippen molar-refractivity contribution in [2.45, 2.75) is 6.54 Å². The quantitative estimate of drug-likeness (QED) is 0.709. The molecule has 22 heavy (non-hydrogen) atoms. The molecule has 7 heteroatoms. The number of rotatable bonds is 2. The van der Waals surface area contributed by atoms with Gasteiger partial charge in [0.25, 0.3) is 0 Å². The standard InChI is InChI=1S/C15H12N4.3ClH/c16-8-11-1-3-12(4-2-11)10-19-15-6-5-14(17)7-13(15)9-18-19;;;/h1-7,9H,10,17H2;3*1H. The van der Waals surface area contributed by atoms with Crippen molar-refractivity contribution in [2.24, 2.45) is 0 Å². The number of hydrogen-bond acceptors (Lipinski definition) is 3. The number of nitriles is 1. The summed E-state index contributed by atoms with van der Waals surface area (Å²) in [6.07, 6.45) is 1.81. The number of nitrogens with zero attached hydrogens (tertiary/aromatic N) is 3. The van der Waals surface area contributed by atoms with Gasteiger partial charge in [-0.3, -0.25) is 4.68 Å². The third-order valence-corrected chi connectivity index (χ3v) is 3.08. The minimum atomic E-state index is 0. The minimum absolute atomic E-state index is 0. The van der Waals surface area contributed by atoms with Crippen LogP contribution in [-0.4, -0.2) is 9.78 Å². The molecular formula is C15H15Cl3N4. The summed E-state index contributed by atoms with van der Waals surface area (Å²) in [5, 5.41) is 14.2. The average molecular weight is 358 g/mol. The molecule has 3 rings (SSSR count). The fourth-order valence-electron chi connectivity index (χ4n) is 2.09. The van der Waals surface area contributed by atoms with Crippen molar-refractivity contribution in [1.82, 2.24) is 9.78 Å². The zero-order valence-corrected chi connectivity index (χ0v) is 13.9. The van der Waals surface area contributed by atoms with Gasteiger partial charge in [-0.15, -0.1) is 37.2 Å². The van der Waals surface area contributed by atoms with Crippen LogP contribution < -0.4 is 5.73 Å². The second-order valence-electron chi connectivity index (χ2n) is 4.43. The second-order valence-corrected chi connectivity index (χ2v) is 4.43. The number of hydrogen-bond donors (Lipinski definition) is 1. The molecule has 3 aromatic rings. The maximum Gasteiger partial charge on any atom is 0.0991 e. The summed E-state index contributed by atoms with van der Waals surface area (Å²) >= 11 is 0. The molecule has 0 radical (unpaired) electrons. The Hall–Kier alpha value is -1.93. The van der Waals surface area contributed by atoms with E-state index in [4.69, 9.17) is 11.0 Å². The largest absolute Gasteiger partial charge is 0.399 e. The lowest BCUT2D eigenvalue weighted by molar-refractivity contribution is 0.712. The molecule has 0 unspecified atom stereocenters. The molecule has 0 saturated heterocycles. The SMILES string of the molecule is Cl.Cl.Cl.N#Cc1ccc(Cn2ncc3cc(N)ccc32)cc1. The first-order chi connectivity index (χ1) is 9.26. The predicted octanol–water partition coefficient (Wildman–Crippen LogP) is 3.80. The van der Waals surface area contributed by atoms with E-state index in [1.165, 1.54) is 0 Å². The van der Waals surface area contributed by atoms with E-state index in [2.05, 4.69) is 11.2 Å². The number of fused-ring (bicyclic) bond motifs is 1. The molecule has 0 atom stereocenters. The highest BCUT2D eigenvalue weighted by Gasteiger charge is 2.03. The topological polar surface area (TPSA) is 67.6 Å². The van der Waals surface area contributed by atoms with E-state index >= 15 is 0 Å². The van der Waals surface area contributed by atoms with Crippen LogP contribution in [0.25, 0.3) is 10.9 Å². The molecule has 0 spiro atoms. The molecule has 0 fully saturated rings. The first-order valence-electron chi connectivity index (χ1n) is 5.96. The Morgan fingerprint density at radius 2 is 1.73 bits per heavy atom. The zero-order valence-electron chi connectivity index (χ0n) is 11.5. The zero-order chi connectivity index (χ0) is 13.2. The van der Waals surface area contributed by atoms with E-state index < -0.39 is 0 Å². The second kappa shape index (κ2) is 8.50. The van der Waals surface area contributed by atoms with Crippen LogP contribution in [0.15, 0.2) is 48.7 Å². The highest BCUT2D eigenvalue weighted by molar-refractivity contribution is 5.86. The molecule has 0 aliphatic heterocycles. The molecule has 0 amide bonds. The average Bonchev–Trinajstić information content (AvgIpc) is 2.82. The van der Waals surface area contributed by atoms with Gasteiger partial charge in [-0.2, -0.15) is 10.4 Å². The molecule has 2 aromatic carbocycles. The highest BCUT2D eigenvalue weighted by Crippen LogP contribution is 2.18. The predicted molar refractivity (Wildman–Crippen MR) is 96.1 cm³/mol. The Bertz CT molecular complexity index is 776. The van der Waals surface area contributed by atoms with Crippen LogP contribution in [-0.2, 0) is 6.54 Å². The highest BCUT2D eigenvalue weighted by atomic mass is 35.5. The lowest BCUT2D eigenvalue weighted by Crippen LogP contribution is -2.01. The Kier molecular flexibility index (Phi) is 7.75. The van der Waals surface area contributed by atoms with E-state index in [1.54, 1.807) is 0 Å². The van der Waals surface area contributed by atoms with Gasteiger partial charge in [-0.25, -0.2) is 0 Å². The molecule has 0 aliphatic carbocycles. The van der Waals surface area contributed by atoms with Gasteiger partial charge in [-0.05, 0) is 35.9 Å². The van der Waals surface area contributed by atoms with Gasteiger partial charge >= 0.3 is 0 Å². The van der Waals surface area contributed by atoms with E-state index in [1.807, 2.05) is 53.3 Å². The van der Waals surface area contributed by atoms with Gasteiger partial charge in [-0.1, -0.05) is 12.1 Å². The van der Waals surface area contributed by atoms with Crippen molar-refractivity contribution >= 4 is 53.8 Å². The molecule has 116 valence electrons. The van der Waals surface area contributed by atoms with Crippen molar-refractivity contribution in [3.63, 3.8) is 0 Å². The molecule has 0 saturated carbocycles. The van der Waals surface area contributed by atoms with E-state index in [-0.39, 0.29) is 37.2 Å². The number of nitrogens with two attached hydrogens (primary N) is 1. The normalized spacial score (nSPS) is 9.05. The van der Waals surface area contributed by atoms with Crippen LogP contribution in [0, 0.1) is 11.3 Å².